The number of allylic oxidation sites excluding steroid dienone is 3. The number of esters is 1. The Kier molecular flexibility index (Phi) is 4.87. The normalized spacial score (nSPS) is 22.6. The Morgan fingerprint density at radius 3 is 2.80 bits per heavy atom. The maximum atomic E-state index is 13.0. The summed E-state index contributed by atoms with van der Waals surface area (Å²) in [7, 11) is 0. The molecule has 0 amide bonds. The highest BCUT2D eigenvalue weighted by Crippen LogP contribution is 2.47. The van der Waals surface area contributed by atoms with Gasteiger partial charge in [-0.15, -0.1) is 11.3 Å². The second kappa shape index (κ2) is 6.79. The van der Waals surface area contributed by atoms with Crippen LogP contribution in [0.1, 0.15) is 57.8 Å². The maximum Gasteiger partial charge on any atom is 0.336 e. The summed E-state index contributed by atoms with van der Waals surface area (Å²) in [6.45, 7) is 8.48. The van der Waals surface area contributed by atoms with Gasteiger partial charge in [0.1, 0.15) is 0 Å². The third-order valence-electron chi connectivity index (χ3n) is 4.72. The fourth-order valence-electron chi connectivity index (χ4n) is 3.72. The van der Waals surface area contributed by atoms with Gasteiger partial charge in [-0.25, -0.2) is 4.79 Å². The number of ether oxygens (including phenoxy) is 1. The predicted octanol–water partition coefficient (Wildman–Crippen LogP) is 4.31. The van der Waals surface area contributed by atoms with Crippen molar-refractivity contribution in [3.05, 3.63) is 44.9 Å². The molecule has 0 unspecified atom stereocenters. The fourth-order valence-corrected chi connectivity index (χ4v) is 4.56. The van der Waals surface area contributed by atoms with Crippen LogP contribution in [0, 0.1) is 5.41 Å². The van der Waals surface area contributed by atoms with Crippen LogP contribution in [0.25, 0.3) is 0 Å². The largest absolute Gasteiger partial charge is 0.462 e. The van der Waals surface area contributed by atoms with E-state index in [-0.39, 0.29) is 23.1 Å². The first-order valence-corrected chi connectivity index (χ1v) is 9.66. The van der Waals surface area contributed by atoms with Crippen LogP contribution in [-0.4, -0.2) is 18.4 Å². The highest BCUT2D eigenvalue weighted by molar-refractivity contribution is 7.10. The standard InChI is InChI=1S/C20H25NO3S/c1-5-8-24-19(23)16-12(2)21-13-10-20(3,4)11-14(22)17(13)18(16)15-7-6-9-25-15/h6-7,9,18,21H,5,8,10-11H2,1-4H3/t18-/m1/s1. The molecule has 0 spiro atoms. The zero-order valence-electron chi connectivity index (χ0n) is 15.3. The summed E-state index contributed by atoms with van der Waals surface area (Å²) in [5.41, 5.74) is 3.01. The van der Waals surface area contributed by atoms with Crippen molar-refractivity contribution < 1.29 is 14.3 Å². The summed E-state index contributed by atoms with van der Waals surface area (Å²) in [6, 6.07) is 3.96. The van der Waals surface area contributed by atoms with Gasteiger partial charge in [-0.3, -0.25) is 4.79 Å². The van der Waals surface area contributed by atoms with E-state index in [0.29, 0.717) is 18.6 Å². The molecule has 0 aromatic carbocycles. The Morgan fingerprint density at radius 2 is 2.16 bits per heavy atom. The third kappa shape index (κ3) is 3.43. The van der Waals surface area contributed by atoms with Crippen LogP contribution in [0.4, 0.5) is 0 Å². The summed E-state index contributed by atoms with van der Waals surface area (Å²) in [4.78, 5) is 26.7. The van der Waals surface area contributed by atoms with Crippen molar-refractivity contribution in [2.75, 3.05) is 6.61 Å². The van der Waals surface area contributed by atoms with Gasteiger partial charge in [-0.2, -0.15) is 0 Å². The lowest BCUT2D eigenvalue weighted by Gasteiger charge is -2.39. The van der Waals surface area contributed by atoms with Crippen LogP contribution in [0.5, 0.6) is 0 Å². The molecule has 0 fully saturated rings. The molecular weight excluding hydrogens is 334 g/mol. The highest BCUT2D eigenvalue weighted by Gasteiger charge is 2.43. The molecule has 1 aromatic heterocycles. The maximum absolute atomic E-state index is 13.0. The van der Waals surface area contributed by atoms with E-state index in [9.17, 15) is 9.59 Å². The average molecular weight is 359 g/mol. The summed E-state index contributed by atoms with van der Waals surface area (Å²) >= 11 is 1.58. The Balaban J connectivity index is 2.08. The minimum Gasteiger partial charge on any atom is -0.462 e. The lowest BCUT2D eigenvalue weighted by atomic mass is 9.70. The molecule has 1 atom stereocenters. The van der Waals surface area contributed by atoms with Gasteiger partial charge < -0.3 is 10.1 Å². The first-order valence-electron chi connectivity index (χ1n) is 8.78. The highest BCUT2D eigenvalue weighted by atomic mass is 32.1. The molecule has 0 radical (unpaired) electrons. The minimum atomic E-state index is -0.325. The smallest absolute Gasteiger partial charge is 0.336 e. The van der Waals surface area contributed by atoms with E-state index in [1.165, 1.54) is 0 Å². The van der Waals surface area contributed by atoms with Crippen molar-refractivity contribution in [1.82, 2.24) is 5.32 Å². The monoisotopic (exact) mass is 359 g/mol. The third-order valence-corrected chi connectivity index (χ3v) is 5.66. The number of ketones is 1. The van der Waals surface area contributed by atoms with Crippen molar-refractivity contribution in [2.45, 2.75) is 52.9 Å². The van der Waals surface area contributed by atoms with Gasteiger partial charge in [-0.05, 0) is 36.6 Å². The number of thiophene rings is 1. The molecule has 3 rings (SSSR count). The van der Waals surface area contributed by atoms with E-state index < -0.39 is 0 Å². The van der Waals surface area contributed by atoms with Gasteiger partial charge in [0.05, 0.1) is 18.1 Å². The van der Waals surface area contributed by atoms with E-state index in [2.05, 4.69) is 19.2 Å². The van der Waals surface area contributed by atoms with E-state index >= 15 is 0 Å². The van der Waals surface area contributed by atoms with Gasteiger partial charge in [0.15, 0.2) is 5.78 Å². The molecule has 134 valence electrons. The molecular formula is C20H25NO3S. The van der Waals surface area contributed by atoms with Gasteiger partial charge in [-0.1, -0.05) is 26.8 Å². The van der Waals surface area contributed by atoms with Gasteiger partial charge >= 0.3 is 5.97 Å². The topological polar surface area (TPSA) is 55.4 Å². The van der Waals surface area contributed by atoms with E-state index in [1.54, 1.807) is 11.3 Å². The van der Waals surface area contributed by atoms with Gasteiger partial charge in [0, 0.05) is 28.3 Å². The first-order chi connectivity index (χ1) is 11.8. The molecule has 0 saturated heterocycles. The summed E-state index contributed by atoms with van der Waals surface area (Å²) < 4.78 is 5.42. The Hall–Kier alpha value is -1.88. The molecule has 0 bridgehead atoms. The number of carbonyl (C=O) groups excluding carboxylic acids is 2. The van der Waals surface area contributed by atoms with Crippen molar-refractivity contribution in [1.29, 1.82) is 0 Å². The number of hydrogen-bond donors (Lipinski definition) is 1. The van der Waals surface area contributed by atoms with Crippen LogP contribution >= 0.6 is 11.3 Å². The molecule has 1 aromatic rings. The van der Waals surface area contributed by atoms with Gasteiger partial charge in [0.25, 0.3) is 0 Å². The zero-order chi connectivity index (χ0) is 18.2. The average Bonchev–Trinajstić information content (AvgIpc) is 3.04. The van der Waals surface area contributed by atoms with Crippen LogP contribution in [0.3, 0.4) is 0 Å². The summed E-state index contributed by atoms with van der Waals surface area (Å²) in [5, 5.41) is 5.33. The van der Waals surface area contributed by atoms with Crippen molar-refractivity contribution in [3.8, 4) is 0 Å². The number of dihydropyridines is 1. The quantitative estimate of drug-likeness (QED) is 0.814. The van der Waals surface area contributed by atoms with E-state index in [1.807, 2.05) is 31.4 Å². The molecule has 1 aliphatic carbocycles. The Morgan fingerprint density at radius 1 is 1.40 bits per heavy atom. The minimum absolute atomic E-state index is 0.0661. The second-order valence-electron chi connectivity index (χ2n) is 7.58. The summed E-state index contributed by atoms with van der Waals surface area (Å²) in [6.07, 6.45) is 2.09. The fraction of sp³-hybridized carbons (Fsp3) is 0.500. The van der Waals surface area contributed by atoms with Gasteiger partial charge in [0.2, 0.25) is 0 Å². The molecule has 2 heterocycles. The van der Waals surface area contributed by atoms with Crippen LogP contribution in [-0.2, 0) is 14.3 Å². The number of rotatable bonds is 4. The lowest BCUT2D eigenvalue weighted by Crippen LogP contribution is -2.38. The SMILES string of the molecule is CCCOC(=O)C1=C(C)NC2=C(C(=O)CC(C)(C)C2)[C@@H]1c1cccs1. The van der Waals surface area contributed by atoms with Crippen LogP contribution in [0.2, 0.25) is 0 Å². The Labute approximate surface area is 153 Å². The molecule has 0 saturated carbocycles. The molecule has 1 aliphatic heterocycles. The van der Waals surface area contributed by atoms with Crippen LogP contribution < -0.4 is 5.32 Å². The van der Waals surface area contributed by atoms with Crippen molar-refractivity contribution in [2.24, 2.45) is 5.41 Å². The van der Waals surface area contributed by atoms with Crippen molar-refractivity contribution >= 4 is 23.1 Å². The molecule has 4 nitrogen and oxygen atoms in total. The Bertz CT molecular complexity index is 756. The van der Waals surface area contributed by atoms with Crippen molar-refractivity contribution in [3.63, 3.8) is 0 Å². The lowest BCUT2D eigenvalue weighted by molar-refractivity contribution is -0.139. The molecule has 5 heteroatoms. The number of nitrogens with one attached hydrogen (secondary N) is 1. The first kappa shape index (κ1) is 17.9. The number of carbonyl (C=O) groups is 2. The van der Waals surface area contributed by atoms with E-state index in [0.717, 1.165) is 34.7 Å². The number of hydrogen-bond acceptors (Lipinski definition) is 5. The molecule has 25 heavy (non-hydrogen) atoms. The summed E-state index contributed by atoms with van der Waals surface area (Å²) in [5.74, 6) is -0.510. The van der Waals surface area contributed by atoms with E-state index in [4.69, 9.17) is 4.74 Å². The second-order valence-corrected chi connectivity index (χ2v) is 8.56. The zero-order valence-corrected chi connectivity index (χ0v) is 16.1. The predicted molar refractivity (Wildman–Crippen MR) is 99.2 cm³/mol. The van der Waals surface area contributed by atoms with Crippen LogP contribution in [0.15, 0.2) is 40.1 Å². The molecule has 2 aliphatic rings. The number of Topliss-reactive ketones (excluding diaryl/α,β-unsaturated/α-hetero) is 1. The molecule has 1 N–H and O–H groups in total.